The van der Waals surface area contributed by atoms with E-state index in [1.54, 1.807) is 0 Å². The number of rotatable bonds is 1. The molecule has 0 aromatic heterocycles. The minimum absolute atomic E-state index is 0.175. The Balaban J connectivity index is 1.79. The number of nitrogens with zero attached hydrogens (tertiary/aromatic N) is 1. The molecule has 0 aliphatic carbocycles. The number of amides is 1. The van der Waals surface area contributed by atoms with Crippen molar-refractivity contribution in [2.45, 2.75) is 38.1 Å². The number of hydrogen-bond donors (Lipinski definition) is 2. The second-order valence-corrected chi connectivity index (χ2v) is 3.97. The molecule has 2 N–H and O–H groups in total. The number of carbonyl (C=O) groups is 1. The quantitative estimate of drug-likeness (QED) is 0.638. The third-order valence-electron chi connectivity index (χ3n) is 2.76. The molecule has 1 fully saturated rings. The molecule has 1 amide bonds. The van der Waals surface area contributed by atoms with Crippen molar-refractivity contribution >= 4 is 11.7 Å². The number of carbonyl (C=O) groups excluding carboxylic acids is 1. The highest BCUT2D eigenvalue weighted by Crippen LogP contribution is 2.07. The zero-order chi connectivity index (χ0) is 9.80. The lowest BCUT2D eigenvalue weighted by molar-refractivity contribution is -0.122. The van der Waals surface area contributed by atoms with Crippen LogP contribution < -0.4 is 10.6 Å². The van der Waals surface area contributed by atoms with Crippen LogP contribution in [-0.2, 0) is 4.79 Å². The van der Waals surface area contributed by atoms with Crippen LogP contribution in [0.4, 0.5) is 0 Å². The minimum Gasteiger partial charge on any atom is -0.369 e. The van der Waals surface area contributed by atoms with Crippen molar-refractivity contribution in [3.63, 3.8) is 0 Å². The highest BCUT2D eigenvalue weighted by atomic mass is 16.1. The molecule has 0 saturated carbocycles. The Labute approximate surface area is 84.2 Å². The van der Waals surface area contributed by atoms with E-state index in [0.717, 1.165) is 31.8 Å². The lowest BCUT2D eigenvalue weighted by Gasteiger charge is -2.26. The van der Waals surface area contributed by atoms with Gasteiger partial charge in [-0.1, -0.05) is 0 Å². The summed E-state index contributed by atoms with van der Waals surface area (Å²) in [6.07, 6.45) is 5.11. The number of nitrogens with one attached hydrogen (secondary N) is 2. The predicted octanol–water partition coefficient (Wildman–Crippen LogP) is 0.437. The molecule has 4 heteroatoms. The molecule has 1 unspecified atom stereocenters. The Bertz CT molecular complexity index is 240. The van der Waals surface area contributed by atoms with Gasteiger partial charge in [-0.2, -0.15) is 0 Å². The summed E-state index contributed by atoms with van der Waals surface area (Å²) in [7, 11) is 0. The van der Waals surface area contributed by atoms with Gasteiger partial charge in [0.15, 0.2) is 0 Å². The molecule has 14 heavy (non-hydrogen) atoms. The van der Waals surface area contributed by atoms with Crippen LogP contribution in [0.5, 0.6) is 0 Å². The molecule has 0 spiro atoms. The number of amidine groups is 1. The van der Waals surface area contributed by atoms with E-state index < -0.39 is 0 Å². The molecular weight excluding hydrogens is 178 g/mol. The van der Waals surface area contributed by atoms with Gasteiger partial charge in [-0.05, 0) is 19.3 Å². The molecule has 4 nitrogen and oxygen atoms in total. The molecule has 0 bridgehead atoms. The maximum absolute atomic E-state index is 10.9. The minimum atomic E-state index is 0.175. The molecule has 1 saturated heterocycles. The van der Waals surface area contributed by atoms with E-state index in [9.17, 15) is 4.79 Å². The van der Waals surface area contributed by atoms with E-state index in [4.69, 9.17) is 0 Å². The van der Waals surface area contributed by atoms with Gasteiger partial charge < -0.3 is 10.6 Å². The van der Waals surface area contributed by atoms with Crippen LogP contribution in [0.3, 0.4) is 0 Å². The zero-order valence-corrected chi connectivity index (χ0v) is 8.38. The van der Waals surface area contributed by atoms with Crippen LogP contribution in [-0.4, -0.2) is 30.9 Å². The predicted molar refractivity (Wildman–Crippen MR) is 55.3 cm³/mol. The Hall–Kier alpha value is -1.06. The van der Waals surface area contributed by atoms with E-state index in [1.807, 2.05) is 0 Å². The van der Waals surface area contributed by atoms with Crippen LogP contribution in [0.25, 0.3) is 0 Å². The summed E-state index contributed by atoms with van der Waals surface area (Å²) in [5, 5.41) is 6.28. The molecule has 2 aliphatic heterocycles. The fraction of sp³-hybridized carbons (Fsp3) is 0.800. The van der Waals surface area contributed by atoms with Crippen LogP contribution in [0.15, 0.2) is 4.99 Å². The third kappa shape index (κ3) is 2.47. The Morgan fingerprint density at radius 3 is 2.93 bits per heavy atom. The third-order valence-corrected chi connectivity index (χ3v) is 2.76. The molecule has 0 aromatic rings. The maximum Gasteiger partial charge on any atom is 0.220 e. The Morgan fingerprint density at radius 2 is 2.29 bits per heavy atom. The first-order valence-corrected chi connectivity index (χ1v) is 5.41. The van der Waals surface area contributed by atoms with Crippen LogP contribution >= 0.6 is 0 Å². The highest BCUT2D eigenvalue weighted by molar-refractivity contribution is 5.83. The monoisotopic (exact) mass is 195 g/mol. The lowest BCUT2D eigenvalue weighted by atomic mass is 10.1. The normalized spacial score (nSPS) is 27.9. The van der Waals surface area contributed by atoms with E-state index in [-0.39, 0.29) is 5.91 Å². The van der Waals surface area contributed by atoms with Crippen molar-refractivity contribution in [1.29, 1.82) is 0 Å². The van der Waals surface area contributed by atoms with Gasteiger partial charge in [0.1, 0.15) is 0 Å². The molecule has 2 heterocycles. The van der Waals surface area contributed by atoms with Crippen LogP contribution in [0, 0.1) is 0 Å². The summed E-state index contributed by atoms with van der Waals surface area (Å²) < 4.78 is 0. The molecule has 0 radical (unpaired) electrons. The number of piperidine rings is 1. The summed E-state index contributed by atoms with van der Waals surface area (Å²) in [5.41, 5.74) is 0. The van der Waals surface area contributed by atoms with Gasteiger partial charge in [0.2, 0.25) is 5.91 Å². The first-order chi connectivity index (χ1) is 6.84. The van der Waals surface area contributed by atoms with Crippen molar-refractivity contribution < 1.29 is 4.79 Å². The van der Waals surface area contributed by atoms with Gasteiger partial charge in [0.05, 0.1) is 5.84 Å². The van der Waals surface area contributed by atoms with E-state index >= 15 is 0 Å². The lowest BCUT2D eigenvalue weighted by Crippen LogP contribution is -2.48. The SMILES string of the molecule is O=C1CCC(NC2=NCCCC2)CN1. The maximum atomic E-state index is 10.9. The summed E-state index contributed by atoms with van der Waals surface area (Å²) in [6, 6.07) is 0.393. The second-order valence-electron chi connectivity index (χ2n) is 3.97. The van der Waals surface area contributed by atoms with Gasteiger partial charge >= 0.3 is 0 Å². The molecule has 2 aliphatic rings. The second kappa shape index (κ2) is 4.44. The fourth-order valence-corrected chi connectivity index (χ4v) is 1.91. The van der Waals surface area contributed by atoms with E-state index in [0.29, 0.717) is 12.5 Å². The summed E-state index contributed by atoms with van der Waals surface area (Å²) in [5.74, 6) is 1.31. The first-order valence-electron chi connectivity index (χ1n) is 5.41. The largest absolute Gasteiger partial charge is 0.369 e. The van der Waals surface area contributed by atoms with Gasteiger partial charge in [-0.25, -0.2) is 0 Å². The van der Waals surface area contributed by atoms with Crippen molar-refractivity contribution in [3.8, 4) is 0 Å². The molecule has 78 valence electrons. The summed E-state index contributed by atoms with van der Waals surface area (Å²) in [4.78, 5) is 15.4. The molecule has 2 rings (SSSR count). The molecular formula is C10H17N3O. The number of hydrogen-bond acceptors (Lipinski definition) is 3. The molecule has 1 atom stereocenters. The average Bonchev–Trinajstić information content (AvgIpc) is 2.23. The van der Waals surface area contributed by atoms with Crippen molar-refractivity contribution in [2.24, 2.45) is 4.99 Å². The van der Waals surface area contributed by atoms with Crippen LogP contribution in [0.1, 0.15) is 32.1 Å². The van der Waals surface area contributed by atoms with Gasteiger partial charge in [0.25, 0.3) is 0 Å². The summed E-state index contributed by atoms with van der Waals surface area (Å²) >= 11 is 0. The number of aliphatic imine (C=N–C) groups is 1. The van der Waals surface area contributed by atoms with Crippen molar-refractivity contribution in [3.05, 3.63) is 0 Å². The van der Waals surface area contributed by atoms with Gasteiger partial charge in [-0.3, -0.25) is 9.79 Å². The Kier molecular flexibility index (Phi) is 3.01. The fourth-order valence-electron chi connectivity index (χ4n) is 1.91. The van der Waals surface area contributed by atoms with Crippen LogP contribution in [0.2, 0.25) is 0 Å². The van der Waals surface area contributed by atoms with Gasteiger partial charge in [0, 0.05) is 32.0 Å². The van der Waals surface area contributed by atoms with Crippen molar-refractivity contribution in [1.82, 2.24) is 10.6 Å². The van der Waals surface area contributed by atoms with Crippen molar-refractivity contribution in [2.75, 3.05) is 13.1 Å². The molecule has 0 aromatic carbocycles. The highest BCUT2D eigenvalue weighted by Gasteiger charge is 2.18. The zero-order valence-electron chi connectivity index (χ0n) is 8.38. The Morgan fingerprint density at radius 1 is 1.36 bits per heavy atom. The summed E-state index contributed by atoms with van der Waals surface area (Å²) in [6.45, 7) is 1.71. The van der Waals surface area contributed by atoms with Gasteiger partial charge in [-0.15, -0.1) is 0 Å². The standard InChI is InChI=1S/C10H17N3O/c14-10-5-4-8(7-12-10)13-9-3-1-2-6-11-9/h8H,1-7H2,(H,11,13)(H,12,14). The van der Waals surface area contributed by atoms with E-state index in [1.165, 1.54) is 12.8 Å². The van der Waals surface area contributed by atoms with E-state index in [2.05, 4.69) is 15.6 Å². The smallest absolute Gasteiger partial charge is 0.220 e. The average molecular weight is 195 g/mol. The first kappa shape index (κ1) is 9.49. The topological polar surface area (TPSA) is 53.5 Å².